The Morgan fingerprint density at radius 1 is 1.24 bits per heavy atom. The standard InChI is InChI=1S/C18H30N2O/c1-18(2,3)15-9-7-14(8-10-15)12-16(20-19)13-17-6-4-5-11-21-17/h7-10,16-17,20H,4-6,11-13,19H2,1-3H3. The van der Waals surface area contributed by atoms with Crippen LogP contribution < -0.4 is 11.3 Å². The van der Waals surface area contributed by atoms with Gasteiger partial charge in [0.2, 0.25) is 0 Å². The Hall–Kier alpha value is -0.900. The van der Waals surface area contributed by atoms with E-state index in [9.17, 15) is 0 Å². The molecule has 3 N–H and O–H groups in total. The summed E-state index contributed by atoms with van der Waals surface area (Å²) < 4.78 is 5.82. The highest BCUT2D eigenvalue weighted by atomic mass is 16.5. The second-order valence-electron chi connectivity index (χ2n) is 7.24. The first-order valence-corrected chi connectivity index (χ1v) is 8.16. The molecule has 0 spiro atoms. The third kappa shape index (κ3) is 5.10. The maximum Gasteiger partial charge on any atom is 0.0590 e. The fraction of sp³-hybridized carbons (Fsp3) is 0.667. The molecule has 1 saturated heterocycles. The highest BCUT2D eigenvalue weighted by Gasteiger charge is 2.19. The van der Waals surface area contributed by atoms with Crippen LogP contribution in [-0.2, 0) is 16.6 Å². The molecular formula is C18H30N2O. The lowest BCUT2D eigenvalue weighted by Gasteiger charge is -2.27. The number of hydrazine groups is 1. The van der Waals surface area contributed by atoms with Gasteiger partial charge in [0.25, 0.3) is 0 Å². The molecule has 3 nitrogen and oxygen atoms in total. The van der Waals surface area contributed by atoms with Crippen molar-refractivity contribution in [3.8, 4) is 0 Å². The van der Waals surface area contributed by atoms with Crippen molar-refractivity contribution in [2.75, 3.05) is 6.61 Å². The minimum Gasteiger partial charge on any atom is -0.378 e. The molecule has 0 bridgehead atoms. The number of nitrogens with two attached hydrogens (primary N) is 1. The zero-order valence-electron chi connectivity index (χ0n) is 13.7. The van der Waals surface area contributed by atoms with Crippen LogP contribution in [-0.4, -0.2) is 18.8 Å². The van der Waals surface area contributed by atoms with Gasteiger partial charge < -0.3 is 4.74 Å². The molecule has 0 aliphatic carbocycles. The van der Waals surface area contributed by atoms with Gasteiger partial charge in [-0.1, -0.05) is 45.0 Å². The van der Waals surface area contributed by atoms with Crippen LogP contribution in [0.15, 0.2) is 24.3 Å². The maximum absolute atomic E-state index is 5.82. The first-order chi connectivity index (χ1) is 9.99. The summed E-state index contributed by atoms with van der Waals surface area (Å²) in [5.41, 5.74) is 5.88. The van der Waals surface area contributed by atoms with E-state index in [-0.39, 0.29) is 11.5 Å². The van der Waals surface area contributed by atoms with Gasteiger partial charge in [-0.25, -0.2) is 0 Å². The number of hydrogen-bond acceptors (Lipinski definition) is 3. The summed E-state index contributed by atoms with van der Waals surface area (Å²) in [5, 5.41) is 0. The molecule has 3 heteroatoms. The van der Waals surface area contributed by atoms with Gasteiger partial charge in [-0.15, -0.1) is 0 Å². The SMILES string of the molecule is CC(C)(C)c1ccc(CC(CC2CCCCO2)NN)cc1. The van der Waals surface area contributed by atoms with Crippen LogP contribution in [0.4, 0.5) is 0 Å². The molecule has 21 heavy (non-hydrogen) atoms. The Balaban J connectivity index is 1.91. The van der Waals surface area contributed by atoms with E-state index < -0.39 is 0 Å². The third-order valence-electron chi connectivity index (χ3n) is 4.36. The van der Waals surface area contributed by atoms with Crippen molar-refractivity contribution in [1.29, 1.82) is 0 Å². The highest BCUT2D eigenvalue weighted by molar-refractivity contribution is 5.28. The molecule has 2 atom stereocenters. The predicted octanol–water partition coefficient (Wildman–Crippen LogP) is 3.32. The molecule has 118 valence electrons. The Kier molecular flexibility index (Phi) is 5.80. The first-order valence-electron chi connectivity index (χ1n) is 8.16. The second kappa shape index (κ2) is 7.39. The summed E-state index contributed by atoms with van der Waals surface area (Å²) in [6.45, 7) is 7.63. The number of ether oxygens (including phenoxy) is 1. The highest BCUT2D eigenvalue weighted by Crippen LogP contribution is 2.23. The quantitative estimate of drug-likeness (QED) is 0.646. The zero-order valence-corrected chi connectivity index (χ0v) is 13.7. The fourth-order valence-corrected chi connectivity index (χ4v) is 2.95. The molecule has 1 aliphatic heterocycles. The number of nitrogens with one attached hydrogen (secondary N) is 1. The van der Waals surface area contributed by atoms with Gasteiger partial charge in [-0.05, 0) is 48.6 Å². The Morgan fingerprint density at radius 3 is 2.48 bits per heavy atom. The number of hydrogen-bond donors (Lipinski definition) is 2. The van der Waals surface area contributed by atoms with E-state index in [1.54, 1.807) is 0 Å². The molecular weight excluding hydrogens is 260 g/mol. The van der Waals surface area contributed by atoms with Crippen molar-refractivity contribution in [2.45, 2.75) is 70.4 Å². The molecule has 0 saturated carbocycles. The van der Waals surface area contributed by atoms with E-state index in [0.29, 0.717) is 6.10 Å². The van der Waals surface area contributed by atoms with Gasteiger partial charge in [0.05, 0.1) is 6.10 Å². The van der Waals surface area contributed by atoms with Gasteiger partial charge in [0, 0.05) is 12.6 Å². The van der Waals surface area contributed by atoms with Crippen LogP contribution in [0.1, 0.15) is 57.6 Å². The molecule has 1 aliphatic rings. The minimum atomic E-state index is 0.208. The van der Waals surface area contributed by atoms with Crippen LogP contribution in [0.2, 0.25) is 0 Å². The second-order valence-corrected chi connectivity index (χ2v) is 7.24. The Morgan fingerprint density at radius 2 is 1.95 bits per heavy atom. The Labute approximate surface area is 129 Å². The number of rotatable bonds is 5. The van der Waals surface area contributed by atoms with Crippen molar-refractivity contribution in [3.05, 3.63) is 35.4 Å². The maximum atomic E-state index is 5.82. The average molecular weight is 290 g/mol. The zero-order chi connectivity index (χ0) is 15.3. The largest absolute Gasteiger partial charge is 0.378 e. The summed E-state index contributed by atoms with van der Waals surface area (Å²) >= 11 is 0. The third-order valence-corrected chi connectivity index (χ3v) is 4.36. The van der Waals surface area contributed by atoms with Gasteiger partial charge in [-0.2, -0.15) is 0 Å². The van der Waals surface area contributed by atoms with Gasteiger partial charge in [0.1, 0.15) is 0 Å². The van der Waals surface area contributed by atoms with Crippen LogP contribution in [0, 0.1) is 0 Å². The van der Waals surface area contributed by atoms with Crippen molar-refractivity contribution in [1.82, 2.24) is 5.43 Å². The lowest BCUT2D eigenvalue weighted by atomic mass is 9.86. The molecule has 2 unspecified atom stereocenters. The molecule has 1 aromatic carbocycles. The van der Waals surface area contributed by atoms with Crippen molar-refractivity contribution in [3.63, 3.8) is 0 Å². The molecule has 1 fully saturated rings. The summed E-state index contributed by atoms with van der Waals surface area (Å²) in [5.74, 6) is 5.73. The first kappa shape index (κ1) is 16.5. The van der Waals surface area contributed by atoms with Crippen LogP contribution >= 0.6 is 0 Å². The van der Waals surface area contributed by atoms with Crippen LogP contribution in [0.3, 0.4) is 0 Å². The lowest BCUT2D eigenvalue weighted by Crippen LogP contribution is -2.40. The van der Waals surface area contributed by atoms with E-state index in [2.05, 4.69) is 50.5 Å². The molecule has 1 aromatic rings. The number of benzene rings is 1. The molecule has 2 rings (SSSR count). The normalized spacial score (nSPS) is 21.2. The molecule has 0 amide bonds. The smallest absolute Gasteiger partial charge is 0.0590 e. The van der Waals surface area contributed by atoms with E-state index in [0.717, 1.165) is 19.4 Å². The summed E-state index contributed by atoms with van der Waals surface area (Å²) in [6.07, 6.45) is 5.97. The van der Waals surface area contributed by atoms with E-state index in [1.165, 1.54) is 30.4 Å². The minimum absolute atomic E-state index is 0.208. The predicted molar refractivity (Wildman–Crippen MR) is 88.2 cm³/mol. The molecule has 0 radical (unpaired) electrons. The average Bonchev–Trinajstić information content (AvgIpc) is 2.47. The fourth-order valence-electron chi connectivity index (χ4n) is 2.95. The van der Waals surface area contributed by atoms with Crippen molar-refractivity contribution >= 4 is 0 Å². The van der Waals surface area contributed by atoms with Gasteiger partial charge in [-0.3, -0.25) is 11.3 Å². The van der Waals surface area contributed by atoms with Crippen molar-refractivity contribution in [2.24, 2.45) is 5.84 Å². The molecule has 0 aromatic heterocycles. The van der Waals surface area contributed by atoms with Crippen LogP contribution in [0.25, 0.3) is 0 Å². The monoisotopic (exact) mass is 290 g/mol. The summed E-state index contributed by atoms with van der Waals surface area (Å²) in [7, 11) is 0. The summed E-state index contributed by atoms with van der Waals surface area (Å²) in [6, 6.07) is 9.22. The van der Waals surface area contributed by atoms with Gasteiger partial charge in [0.15, 0.2) is 0 Å². The van der Waals surface area contributed by atoms with E-state index in [4.69, 9.17) is 10.6 Å². The molecule has 1 heterocycles. The van der Waals surface area contributed by atoms with Crippen molar-refractivity contribution < 1.29 is 4.74 Å². The topological polar surface area (TPSA) is 47.3 Å². The van der Waals surface area contributed by atoms with Crippen LogP contribution in [0.5, 0.6) is 0 Å². The van der Waals surface area contributed by atoms with E-state index in [1.807, 2.05) is 0 Å². The Bertz CT molecular complexity index is 416. The van der Waals surface area contributed by atoms with Gasteiger partial charge >= 0.3 is 0 Å². The summed E-state index contributed by atoms with van der Waals surface area (Å²) in [4.78, 5) is 0. The lowest BCUT2D eigenvalue weighted by molar-refractivity contribution is 0.00524. The van der Waals surface area contributed by atoms with E-state index >= 15 is 0 Å².